The van der Waals surface area contributed by atoms with Crippen LogP contribution >= 0.6 is 0 Å². The molecule has 0 aliphatic carbocycles. The van der Waals surface area contributed by atoms with E-state index in [1.807, 2.05) is 0 Å². The number of hydrogen-bond donors (Lipinski definition) is 2. The molecule has 2 amide bonds. The normalized spacial score (nSPS) is 20.8. The van der Waals surface area contributed by atoms with E-state index in [2.05, 4.69) is 10.6 Å². The lowest BCUT2D eigenvalue weighted by Gasteiger charge is -2.22. The lowest BCUT2D eigenvalue weighted by molar-refractivity contribution is -0.118. The summed E-state index contributed by atoms with van der Waals surface area (Å²) >= 11 is 0. The van der Waals surface area contributed by atoms with Gasteiger partial charge in [-0.1, -0.05) is 0 Å². The molecule has 0 saturated carbocycles. The first-order valence-corrected chi connectivity index (χ1v) is 5.67. The molecule has 16 heavy (non-hydrogen) atoms. The summed E-state index contributed by atoms with van der Waals surface area (Å²) in [5.41, 5.74) is 0. The molecule has 1 saturated heterocycles. The van der Waals surface area contributed by atoms with Crippen LogP contribution in [0.3, 0.4) is 0 Å². The molecule has 0 aromatic rings. The smallest absolute Gasteiger partial charge is 0.209 e. The second-order valence-electron chi connectivity index (χ2n) is 3.78. The molecular formula is C10H20N4O2. The molecule has 1 aliphatic rings. The van der Waals surface area contributed by atoms with Crippen LogP contribution in [0.15, 0.2) is 0 Å². The van der Waals surface area contributed by atoms with Crippen LogP contribution < -0.4 is 10.6 Å². The van der Waals surface area contributed by atoms with Crippen LogP contribution in [0.25, 0.3) is 0 Å². The van der Waals surface area contributed by atoms with Gasteiger partial charge >= 0.3 is 0 Å². The van der Waals surface area contributed by atoms with Crippen molar-refractivity contribution in [2.45, 2.75) is 0 Å². The zero-order valence-corrected chi connectivity index (χ0v) is 9.52. The minimum atomic E-state index is 0.715. The van der Waals surface area contributed by atoms with Crippen molar-refractivity contribution >= 4 is 12.8 Å². The van der Waals surface area contributed by atoms with Crippen molar-refractivity contribution in [1.82, 2.24) is 20.4 Å². The first kappa shape index (κ1) is 12.9. The number of nitrogens with one attached hydrogen (secondary N) is 2. The number of hydrogen-bond acceptors (Lipinski definition) is 4. The second-order valence-corrected chi connectivity index (χ2v) is 3.78. The van der Waals surface area contributed by atoms with Gasteiger partial charge < -0.3 is 20.4 Å². The van der Waals surface area contributed by atoms with E-state index < -0.39 is 0 Å². The highest BCUT2D eigenvalue weighted by Gasteiger charge is 2.04. The van der Waals surface area contributed by atoms with Crippen LogP contribution in [0.2, 0.25) is 0 Å². The molecule has 6 nitrogen and oxygen atoms in total. The molecule has 1 aliphatic heterocycles. The summed E-state index contributed by atoms with van der Waals surface area (Å²) in [5, 5.41) is 6.42. The van der Waals surface area contributed by atoms with Crippen LogP contribution in [0.4, 0.5) is 0 Å². The molecule has 0 aromatic heterocycles. The molecule has 0 atom stereocenters. The Labute approximate surface area is 96.0 Å². The third-order valence-electron chi connectivity index (χ3n) is 2.60. The van der Waals surface area contributed by atoms with E-state index >= 15 is 0 Å². The summed E-state index contributed by atoms with van der Waals surface area (Å²) in [5.74, 6) is 0. The molecule has 1 rings (SSSR count). The van der Waals surface area contributed by atoms with Crippen molar-refractivity contribution in [3.63, 3.8) is 0 Å². The van der Waals surface area contributed by atoms with Crippen LogP contribution in [0.1, 0.15) is 0 Å². The fourth-order valence-corrected chi connectivity index (χ4v) is 1.58. The second kappa shape index (κ2) is 8.06. The van der Waals surface area contributed by atoms with Crippen LogP contribution in [0, 0.1) is 0 Å². The summed E-state index contributed by atoms with van der Waals surface area (Å²) in [4.78, 5) is 24.9. The maximum Gasteiger partial charge on any atom is 0.209 e. The molecule has 6 heteroatoms. The van der Waals surface area contributed by atoms with Crippen LogP contribution in [0.5, 0.6) is 0 Å². The van der Waals surface area contributed by atoms with Crippen molar-refractivity contribution < 1.29 is 9.59 Å². The van der Waals surface area contributed by atoms with Crippen molar-refractivity contribution in [3.05, 3.63) is 0 Å². The van der Waals surface area contributed by atoms with Crippen LogP contribution in [-0.2, 0) is 9.59 Å². The predicted octanol–water partition coefficient (Wildman–Crippen LogP) is -1.90. The van der Waals surface area contributed by atoms with Crippen molar-refractivity contribution in [3.8, 4) is 0 Å². The van der Waals surface area contributed by atoms with Crippen molar-refractivity contribution in [2.24, 2.45) is 0 Å². The van der Waals surface area contributed by atoms with Crippen LogP contribution in [-0.4, -0.2) is 75.0 Å². The molecule has 0 radical (unpaired) electrons. The predicted molar refractivity (Wildman–Crippen MR) is 61.0 cm³/mol. The average Bonchev–Trinajstić information content (AvgIpc) is 2.30. The Balaban J connectivity index is 2.32. The van der Waals surface area contributed by atoms with Gasteiger partial charge in [0, 0.05) is 52.4 Å². The van der Waals surface area contributed by atoms with Gasteiger partial charge in [0.15, 0.2) is 0 Å². The topological polar surface area (TPSA) is 64.7 Å². The van der Waals surface area contributed by atoms with Gasteiger partial charge in [-0.05, 0) is 0 Å². The highest BCUT2D eigenvalue weighted by Crippen LogP contribution is 1.85. The van der Waals surface area contributed by atoms with Gasteiger partial charge in [-0.25, -0.2) is 0 Å². The average molecular weight is 228 g/mol. The van der Waals surface area contributed by atoms with Gasteiger partial charge in [0.25, 0.3) is 0 Å². The zero-order valence-electron chi connectivity index (χ0n) is 9.52. The SMILES string of the molecule is O=CN1CCNCCN(C=O)CCNCC1. The maximum atomic E-state index is 10.7. The Morgan fingerprint density at radius 3 is 1.25 bits per heavy atom. The molecule has 0 spiro atoms. The van der Waals surface area contributed by atoms with E-state index in [-0.39, 0.29) is 0 Å². The van der Waals surface area contributed by atoms with Gasteiger partial charge in [0.1, 0.15) is 0 Å². The van der Waals surface area contributed by atoms with E-state index in [4.69, 9.17) is 0 Å². The fraction of sp³-hybridized carbons (Fsp3) is 0.800. The molecular weight excluding hydrogens is 208 g/mol. The van der Waals surface area contributed by atoms with Gasteiger partial charge in [-0.3, -0.25) is 9.59 Å². The maximum absolute atomic E-state index is 10.7. The number of carbonyl (C=O) groups excluding carboxylic acids is 2. The number of rotatable bonds is 2. The summed E-state index contributed by atoms with van der Waals surface area (Å²) < 4.78 is 0. The zero-order chi connectivity index (χ0) is 11.6. The summed E-state index contributed by atoms with van der Waals surface area (Å²) in [7, 11) is 0. The van der Waals surface area contributed by atoms with E-state index in [0.717, 1.165) is 39.0 Å². The number of amides is 2. The van der Waals surface area contributed by atoms with Gasteiger partial charge in [0.2, 0.25) is 12.8 Å². The summed E-state index contributed by atoms with van der Waals surface area (Å²) in [6, 6.07) is 0. The molecule has 0 bridgehead atoms. The molecule has 0 aromatic carbocycles. The van der Waals surface area contributed by atoms with E-state index in [9.17, 15) is 9.59 Å². The Morgan fingerprint density at radius 1 is 0.688 bits per heavy atom. The largest absolute Gasteiger partial charge is 0.343 e. The Kier molecular flexibility index (Phi) is 6.52. The van der Waals surface area contributed by atoms with E-state index in [1.165, 1.54) is 0 Å². The molecule has 2 N–H and O–H groups in total. The fourth-order valence-electron chi connectivity index (χ4n) is 1.58. The monoisotopic (exact) mass is 228 g/mol. The molecule has 1 fully saturated rings. The molecule has 92 valence electrons. The lowest BCUT2D eigenvalue weighted by atomic mass is 10.4. The highest BCUT2D eigenvalue weighted by molar-refractivity contribution is 5.47. The molecule has 1 heterocycles. The van der Waals surface area contributed by atoms with Crippen molar-refractivity contribution in [2.75, 3.05) is 52.4 Å². The first-order chi connectivity index (χ1) is 7.86. The van der Waals surface area contributed by atoms with E-state index in [1.54, 1.807) is 9.80 Å². The minimum Gasteiger partial charge on any atom is -0.343 e. The standard InChI is InChI=1S/C10H20N4O2/c15-9-13-5-1-11-2-6-14(10-16)8-4-12-3-7-13/h9-12H,1-8H2. The van der Waals surface area contributed by atoms with E-state index in [0.29, 0.717) is 26.2 Å². The van der Waals surface area contributed by atoms with Gasteiger partial charge in [-0.2, -0.15) is 0 Å². The quantitative estimate of drug-likeness (QED) is 0.542. The Bertz CT molecular complexity index is 179. The van der Waals surface area contributed by atoms with Gasteiger partial charge in [0.05, 0.1) is 0 Å². The van der Waals surface area contributed by atoms with Gasteiger partial charge in [-0.15, -0.1) is 0 Å². The first-order valence-electron chi connectivity index (χ1n) is 5.67. The Morgan fingerprint density at radius 2 is 1.00 bits per heavy atom. The third kappa shape index (κ3) is 5.09. The third-order valence-corrected chi connectivity index (χ3v) is 2.60. The molecule has 0 unspecified atom stereocenters. The van der Waals surface area contributed by atoms with Crippen molar-refractivity contribution in [1.29, 1.82) is 0 Å². The summed E-state index contributed by atoms with van der Waals surface area (Å²) in [6.07, 6.45) is 1.76. The Hall–Kier alpha value is -1.14. The number of nitrogens with zero attached hydrogens (tertiary/aromatic N) is 2. The minimum absolute atomic E-state index is 0.715. The number of carbonyl (C=O) groups is 2. The highest BCUT2D eigenvalue weighted by atomic mass is 16.1. The lowest BCUT2D eigenvalue weighted by Crippen LogP contribution is -2.42. The summed E-state index contributed by atoms with van der Waals surface area (Å²) in [6.45, 7) is 5.94.